The summed E-state index contributed by atoms with van der Waals surface area (Å²) in [6, 6.07) is 0. The van der Waals surface area contributed by atoms with Crippen molar-refractivity contribution >= 4 is 5.91 Å². The van der Waals surface area contributed by atoms with Crippen LogP contribution < -0.4 is 11.1 Å². The lowest BCUT2D eigenvalue weighted by molar-refractivity contribution is -0.122. The van der Waals surface area contributed by atoms with E-state index in [9.17, 15) is 4.79 Å². The van der Waals surface area contributed by atoms with Gasteiger partial charge in [0, 0.05) is 18.5 Å². The highest BCUT2D eigenvalue weighted by Crippen LogP contribution is 2.31. The average molecular weight is 297 g/mol. The number of nitrogens with two attached hydrogens (primary N) is 1. The van der Waals surface area contributed by atoms with Crippen molar-refractivity contribution in [2.45, 2.75) is 70.3 Å². The van der Waals surface area contributed by atoms with Crippen LogP contribution in [0.25, 0.3) is 0 Å². The maximum Gasteiger partial charge on any atom is 0.220 e. The highest BCUT2D eigenvalue weighted by atomic mass is 16.1. The first-order valence-corrected chi connectivity index (χ1v) is 8.68. The first-order chi connectivity index (χ1) is 10.0. The van der Waals surface area contributed by atoms with E-state index in [1.165, 1.54) is 32.1 Å². The SMILES string of the molecule is CCC(CCN)CCC(=O)NCC1(N(C)C)CCCCC1. The van der Waals surface area contributed by atoms with Crippen LogP contribution in [-0.4, -0.2) is 43.5 Å². The predicted octanol–water partition coefficient (Wildman–Crippen LogP) is 2.52. The molecule has 0 spiro atoms. The molecule has 4 heteroatoms. The topological polar surface area (TPSA) is 58.4 Å². The Hall–Kier alpha value is -0.610. The summed E-state index contributed by atoms with van der Waals surface area (Å²) in [5, 5.41) is 3.18. The molecular formula is C17H35N3O. The van der Waals surface area contributed by atoms with Crippen LogP contribution in [-0.2, 0) is 4.79 Å². The van der Waals surface area contributed by atoms with Gasteiger partial charge in [0.1, 0.15) is 0 Å². The van der Waals surface area contributed by atoms with E-state index in [4.69, 9.17) is 5.73 Å². The lowest BCUT2D eigenvalue weighted by Gasteiger charge is -2.43. The van der Waals surface area contributed by atoms with Gasteiger partial charge in [-0.1, -0.05) is 32.6 Å². The Kier molecular flexibility index (Phi) is 8.27. The number of amides is 1. The van der Waals surface area contributed by atoms with Crippen molar-refractivity contribution in [2.75, 3.05) is 27.2 Å². The highest BCUT2D eigenvalue weighted by molar-refractivity contribution is 5.75. The van der Waals surface area contributed by atoms with Gasteiger partial charge in [-0.3, -0.25) is 4.79 Å². The van der Waals surface area contributed by atoms with E-state index in [-0.39, 0.29) is 11.4 Å². The Bertz CT molecular complexity index is 298. The van der Waals surface area contributed by atoms with Crippen LogP contribution >= 0.6 is 0 Å². The second-order valence-electron chi connectivity index (χ2n) is 6.85. The molecule has 0 radical (unpaired) electrons. The second kappa shape index (κ2) is 9.42. The summed E-state index contributed by atoms with van der Waals surface area (Å²) in [4.78, 5) is 14.4. The number of rotatable bonds is 9. The minimum atomic E-state index is 0.176. The average Bonchev–Trinajstić information content (AvgIpc) is 2.50. The van der Waals surface area contributed by atoms with Gasteiger partial charge in [0.2, 0.25) is 5.91 Å². The fourth-order valence-electron chi connectivity index (χ4n) is 3.47. The van der Waals surface area contributed by atoms with E-state index in [0.717, 1.165) is 32.4 Å². The Morgan fingerprint density at radius 3 is 2.43 bits per heavy atom. The molecule has 21 heavy (non-hydrogen) atoms. The van der Waals surface area contributed by atoms with E-state index in [1.807, 2.05) is 0 Å². The normalized spacial score (nSPS) is 19.5. The molecule has 124 valence electrons. The summed E-state index contributed by atoms with van der Waals surface area (Å²) in [7, 11) is 4.29. The Labute approximate surface area is 130 Å². The van der Waals surface area contributed by atoms with E-state index in [2.05, 4.69) is 31.2 Å². The number of hydrogen-bond donors (Lipinski definition) is 2. The Morgan fingerprint density at radius 1 is 1.24 bits per heavy atom. The van der Waals surface area contributed by atoms with E-state index in [0.29, 0.717) is 12.3 Å². The van der Waals surface area contributed by atoms with E-state index >= 15 is 0 Å². The van der Waals surface area contributed by atoms with Gasteiger partial charge in [-0.15, -0.1) is 0 Å². The summed E-state index contributed by atoms with van der Waals surface area (Å²) in [6.45, 7) is 3.71. The number of carbonyl (C=O) groups is 1. The van der Waals surface area contributed by atoms with Gasteiger partial charge < -0.3 is 16.0 Å². The van der Waals surface area contributed by atoms with Crippen LogP contribution in [0.4, 0.5) is 0 Å². The monoisotopic (exact) mass is 297 g/mol. The first kappa shape index (κ1) is 18.4. The summed E-state index contributed by atoms with van der Waals surface area (Å²) in [5.41, 5.74) is 5.79. The van der Waals surface area contributed by atoms with Gasteiger partial charge in [-0.05, 0) is 52.2 Å². The summed E-state index contributed by atoms with van der Waals surface area (Å²) < 4.78 is 0. The Balaban J connectivity index is 2.36. The van der Waals surface area contributed by atoms with Crippen molar-refractivity contribution in [1.82, 2.24) is 10.2 Å². The largest absolute Gasteiger partial charge is 0.354 e. The maximum absolute atomic E-state index is 12.1. The van der Waals surface area contributed by atoms with Gasteiger partial charge in [0.05, 0.1) is 0 Å². The van der Waals surface area contributed by atoms with Gasteiger partial charge in [0.25, 0.3) is 0 Å². The lowest BCUT2D eigenvalue weighted by Crippen LogP contribution is -2.53. The molecule has 0 bridgehead atoms. The number of likely N-dealkylation sites (N-methyl/N-ethyl adjacent to an activating group) is 1. The highest BCUT2D eigenvalue weighted by Gasteiger charge is 2.34. The molecule has 4 nitrogen and oxygen atoms in total. The van der Waals surface area contributed by atoms with Crippen LogP contribution in [0, 0.1) is 5.92 Å². The van der Waals surface area contributed by atoms with Crippen molar-refractivity contribution in [1.29, 1.82) is 0 Å². The molecule has 0 aromatic heterocycles. The molecule has 1 saturated carbocycles. The number of carbonyl (C=O) groups excluding carboxylic acids is 1. The number of hydrogen-bond acceptors (Lipinski definition) is 3. The zero-order valence-corrected chi connectivity index (χ0v) is 14.3. The zero-order valence-electron chi connectivity index (χ0n) is 14.3. The molecule has 1 amide bonds. The fourth-order valence-corrected chi connectivity index (χ4v) is 3.47. The van der Waals surface area contributed by atoms with Gasteiger partial charge >= 0.3 is 0 Å². The minimum Gasteiger partial charge on any atom is -0.354 e. The molecule has 3 N–H and O–H groups in total. The standard InChI is InChI=1S/C17H35N3O/c1-4-15(10-13-18)8-9-16(21)19-14-17(20(2)3)11-6-5-7-12-17/h15H,4-14,18H2,1-3H3,(H,19,21). The van der Waals surface area contributed by atoms with Crippen LogP contribution in [0.5, 0.6) is 0 Å². The molecule has 1 aliphatic carbocycles. The molecule has 0 saturated heterocycles. The summed E-state index contributed by atoms with van der Waals surface area (Å²) >= 11 is 0. The molecule has 1 atom stereocenters. The quantitative estimate of drug-likeness (QED) is 0.687. The smallest absolute Gasteiger partial charge is 0.220 e. The van der Waals surface area contributed by atoms with Crippen molar-refractivity contribution in [3.63, 3.8) is 0 Å². The molecule has 1 rings (SSSR count). The molecule has 1 fully saturated rings. The fraction of sp³-hybridized carbons (Fsp3) is 0.941. The van der Waals surface area contributed by atoms with Crippen LogP contribution in [0.1, 0.15) is 64.7 Å². The van der Waals surface area contributed by atoms with Crippen molar-refractivity contribution in [3.05, 3.63) is 0 Å². The zero-order chi connectivity index (χ0) is 15.7. The summed E-state index contributed by atoms with van der Waals surface area (Å²) in [6.07, 6.45) is 10.1. The number of nitrogens with zero attached hydrogens (tertiary/aromatic N) is 1. The third-order valence-corrected chi connectivity index (χ3v) is 5.28. The molecule has 1 unspecified atom stereocenters. The second-order valence-corrected chi connectivity index (χ2v) is 6.85. The predicted molar refractivity (Wildman–Crippen MR) is 89.2 cm³/mol. The third-order valence-electron chi connectivity index (χ3n) is 5.28. The molecule has 1 aliphatic rings. The van der Waals surface area contributed by atoms with Crippen LogP contribution in [0.2, 0.25) is 0 Å². The third kappa shape index (κ3) is 5.95. The lowest BCUT2D eigenvalue weighted by atomic mass is 9.80. The van der Waals surface area contributed by atoms with Crippen molar-refractivity contribution < 1.29 is 4.79 Å². The minimum absolute atomic E-state index is 0.176. The first-order valence-electron chi connectivity index (χ1n) is 8.68. The van der Waals surface area contributed by atoms with Crippen molar-refractivity contribution in [2.24, 2.45) is 11.7 Å². The van der Waals surface area contributed by atoms with Gasteiger partial charge in [0.15, 0.2) is 0 Å². The molecule has 0 aromatic carbocycles. The number of nitrogens with one attached hydrogen (secondary N) is 1. The Morgan fingerprint density at radius 2 is 1.90 bits per heavy atom. The molecular weight excluding hydrogens is 262 g/mol. The van der Waals surface area contributed by atoms with E-state index < -0.39 is 0 Å². The molecule has 0 aromatic rings. The van der Waals surface area contributed by atoms with Gasteiger partial charge in [-0.2, -0.15) is 0 Å². The van der Waals surface area contributed by atoms with Crippen molar-refractivity contribution in [3.8, 4) is 0 Å². The van der Waals surface area contributed by atoms with E-state index in [1.54, 1.807) is 0 Å². The molecule has 0 heterocycles. The van der Waals surface area contributed by atoms with Gasteiger partial charge in [-0.25, -0.2) is 0 Å². The summed E-state index contributed by atoms with van der Waals surface area (Å²) in [5.74, 6) is 0.801. The molecule has 0 aliphatic heterocycles. The van der Waals surface area contributed by atoms with Crippen LogP contribution in [0.3, 0.4) is 0 Å². The maximum atomic E-state index is 12.1. The van der Waals surface area contributed by atoms with Crippen LogP contribution in [0.15, 0.2) is 0 Å².